The van der Waals surface area contributed by atoms with E-state index in [0.29, 0.717) is 6.17 Å². The van der Waals surface area contributed by atoms with Gasteiger partial charge in [-0.15, -0.1) is 0 Å². The molecule has 0 saturated heterocycles. The van der Waals surface area contributed by atoms with Crippen molar-refractivity contribution in [1.29, 1.82) is 0 Å². The van der Waals surface area contributed by atoms with E-state index in [2.05, 4.69) is 17.6 Å². The molecule has 0 fully saturated rings. The lowest BCUT2D eigenvalue weighted by Crippen LogP contribution is -2.46. The maximum Gasteiger partial charge on any atom is 0.500 e. The Morgan fingerprint density at radius 3 is 1.32 bits per heavy atom. The van der Waals surface area contributed by atoms with Crippen LogP contribution < -0.4 is 10.6 Å². The predicted octanol–water partition coefficient (Wildman–Crippen LogP) is 2.61. The van der Waals surface area contributed by atoms with Gasteiger partial charge >= 0.3 is 17.6 Å². The van der Waals surface area contributed by atoms with Crippen LogP contribution in [0.5, 0.6) is 0 Å². The average molecular weight is 441 g/mol. The molecule has 0 aliphatic carbocycles. The highest BCUT2D eigenvalue weighted by Crippen LogP contribution is 2.15. The molecular formula is C18H44N2O6Si2. The molecule has 0 aliphatic heterocycles. The van der Waals surface area contributed by atoms with Crippen LogP contribution in [0, 0.1) is 0 Å². The molecule has 0 rings (SSSR count). The summed E-state index contributed by atoms with van der Waals surface area (Å²) in [5.74, 6) is 0. The van der Waals surface area contributed by atoms with Crippen LogP contribution in [0.3, 0.4) is 0 Å². The number of rotatable bonds is 20. The van der Waals surface area contributed by atoms with Crippen molar-refractivity contribution >= 4 is 17.6 Å². The van der Waals surface area contributed by atoms with Crippen LogP contribution in [0.15, 0.2) is 0 Å². The number of unbranched alkanes of at least 4 members (excludes halogenated alkanes) is 2. The fourth-order valence-corrected chi connectivity index (χ4v) is 6.59. The smallest absolute Gasteiger partial charge is 0.377 e. The van der Waals surface area contributed by atoms with Crippen molar-refractivity contribution in [3.05, 3.63) is 0 Å². The van der Waals surface area contributed by atoms with Crippen LogP contribution in [0.2, 0.25) is 12.1 Å². The van der Waals surface area contributed by atoms with Gasteiger partial charge in [-0.3, -0.25) is 0 Å². The molecule has 0 atom stereocenters. The van der Waals surface area contributed by atoms with Crippen molar-refractivity contribution in [1.82, 2.24) is 10.6 Å². The van der Waals surface area contributed by atoms with E-state index in [1.807, 2.05) is 0 Å². The molecule has 28 heavy (non-hydrogen) atoms. The lowest BCUT2D eigenvalue weighted by molar-refractivity contribution is 0.122. The summed E-state index contributed by atoms with van der Waals surface area (Å²) in [6, 6.07) is 1.60. The molecule has 10 heteroatoms. The van der Waals surface area contributed by atoms with E-state index in [0.717, 1.165) is 44.4 Å². The van der Waals surface area contributed by atoms with E-state index in [1.165, 1.54) is 19.3 Å². The summed E-state index contributed by atoms with van der Waals surface area (Å²) >= 11 is 0. The fraction of sp³-hybridized carbons (Fsp3) is 1.00. The quantitative estimate of drug-likeness (QED) is 0.170. The largest absolute Gasteiger partial charge is 0.500 e. The minimum absolute atomic E-state index is 0.291. The third-order valence-electron chi connectivity index (χ3n) is 5.06. The second-order valence-electron chi connectivity index (χ2n) is 6.75. The van der Waals surface area contributed by atoms with Gasteiger partial charge in [-0.2, -0.15) is 0 Å². The molecule has 0 saturated carbocycles. The predicted molar refractivity (Wildman–Crippen MR) is 116 cm³/mol. The lowest BCUT2D eigenvalue weighted by Gasteiger charge is -2.26. The normalized spacial score (nSPS) is 12.9. The van der Waals surface area contributed by atoms with Gasteiger partial charge in [-0.1, -0.05) is 26.2 Å². The summed E-state index contributed by atoms with van der Waals surface area (Å²) < 4.78 is 32.9. The molecule has 0 bridgehead atoms. The van der Waals surface area contributed by atoms with Crippen LogP contribution in [-0.4, -0.2) is 79.5 Å². The van der Waals surface area contributed by atoms with Gasteiger partial charge in [0.15, 0.2) is 0 Å². The SMILES string of the molecule is CCCCCC(NCCC[Si](OC)(OC)OC)NCCC[Si](OC)(OC)OC. The van der Waals surface area contributed by atoms with E-state index in [1.54, 1.807) is 42.7 Å². The van der Waals surface area contributed by atoms with Crippen molar-refractivity contribution in [3.63, 3.8) is 0 Å². The molecule has 0 spiro atoms. The Kier molecular flexibility index (Phi) is 16.9. The second-order valence-corrected chi connectivity index (χ2v) is 12.9. The summed E-state index contributed by atoms with van der Waals surface area (Å²) in [5.41, 5.74) is 0. The maximum absolute atomic E-state index is 5.49. The van der Waals surface area contributed by atoms with Gasteiger partial charge in [0.05, 0.1) is 6.17 Å². The Morgan fingerprint density at radius 2 is 1.00 bits per heavy atom. The number of hydrogen-bond acceptors (Lipinski definition) is 8. The van der Waals surface area contributed by atoms with Gasteiger partial charge in [-0.05, 0) is 32.4 Å². The molecular weight excluding hydrogens is 396 g/mol. The van der Waals surface area contributed by atoms with Gasteiger partial charge in [0, 0.05) is 54.7 Å². The molecule has 0 radical (unpaired) electrons. The Hall–Kier alpha value is 0.114. The first-order valence-electron chi connectivity index (χ1n) is 10.3. The van der Waals surface area contributed by atoms with Crippen LogP contribution in [0.25, 0.3) is 0 Å². The Balaban J connectivity index is 4.35. The Morgan fingerprint density at radius 1 is 0.607 bits per heavy atom. The summed E-state index contributed by atoms with van der Waals surface area (Å²) in [6.07, 6.45) is 6.97. The first kappa shape index (κ1) is 28.1. The zero-order valence-corrected chi connectivity index (χ0v) is 21.1. The Labute approximate surface area is 174 Å². The zero-order chi connectivity index (χ0) is 21.3. The van der Waals surface area contributed by atoms with Gasteiger partial charge in [-0.25, -0.2) is 0 Å². The van der Waals surface area contributed by atoms with Gasteiger partial charge in [0.1, 0.15) is 0 Å². The van der Waals surface area contributed by atoms with E-state index < -0.39 is 17.6 Å². The van der Waals surface area contributed by atoms with Crippen molar-refractivity contribution in [2.45, 2.75) is 63.7 Å². The maximum atomic E-state index is 5.49. The Bertz CT molecular complexity index is 316. The average Bonchev–Trinajstić information content (AvgIpc) is 2.74. The highest BCUT2D eigenvalue weighted by atomic mass is 28.4. The lowest BCUT2D eigenvalue weighted by atomic mass is 10.1. The molecule has 0 amide bonds. The monoisotopic (exact) mass is 440 g/mol. The molecule has 0 aromatic heterocycles. The van der Waals surface area contributed by atoms with Crippen molar-refractivity contribution < 1.29 is 26.6 Å². The molecule has 0 unspecified atom stereocenters. The molecule has 0 aromatic rings. The number of nitrogens with one attached hydrogen (secondary N) is 2. The molecule has 170 valence electrons. The molecule has 0 heterocycles. The van der Waals surface area contributed by atoms with Crippen molar-refractivity contribution in [3.8, 4) is 0 Å². The minimum Gasteiger partial charge on any atom is -0.377 e. The minimum atomic E-state index is -2.48. The summed E-state index contributed by atoms with van der Waals surface area (Å²) in [5, 5.41) is 7.25. The molecule has 2 N–H and O–H groups in total. The van der Waals surface area contributed by atoms with Crippen molar-refractivity contribution in [2.75, 3.05) is 55.7 Å². The van der Waals surface area contributed by atoms with Crippen molar-refractivity contribution in [2.24, 2.45) is 0 Å². The highest BCUT2D eigenvalue weighted by molar-refractivity contribution is 6.60. The third kappa shape index (κ3) is 10.8. The van der Waals surface area contributed by atoms with E-state index >= 15 is 0 Å². The van der Waals surface area contributed by atoms with Gasteiger partial charge < -0.3 is 37.2 Å². The van der Waals surface area contributed by atoms with E-state index in [4.69, 9.17) is 26.6 Å². The van der Waals surface area contributed by atoms with Crippen LogP contribution >= 0.6 is 0 Å². The summed E-state index contributed by atoms with van der Waals surface area (Å²) in [6.45, 7) is 4.01. The van der Waals surface area contributed by atoms with Gasteiger partial charge in [0.25, 0.3) is 0 Å². The first-order valence-corrected chi connectivity index (χ1v) is 14.1. The molecule has 0 aromatic carbocycles. The highest BCUT2D eigenvalue weighted by Gasteiger charge is 2.37. The summed E-state index contributed by atoms with van der Waals surface area (Å²) in [7, 11) is 4.98. The zero-order valence-electron chi connectivity index (χ0n) is 19.1. The molecule has 8 nitrogen and oxygen atoms in total. The standard InChI is InChI=1S/C18H44N2O6Si2/c1-8-9-10-13-18(19-14-11-16-27(21-2,22-3)23-4)20-15-12-17-28(24-5,25-6)26-7/h18-20H,8-17H2,1-7H3. The first-order chi connectivity index (χ1) is 13.5. The van der Waals surface area contributed by atoms with E-state index in [-0.39, 0.29) is 0 Å². The third-order valence-corrected chi connectivity index (χ3v) is 10.7. The topological polar surface area (TPSA) is 79.4 Å². The summed E-state index contributed by atoms with van der Waals surface area (Å²) in [4.78, 5) is 0. The number of hydrogen-bond donors (Lipinski definition) is 2. The second kappa shape index (κ2) is 16.9. The fourth-order valence-electron chi connectivity index (χ4n) is 3.15. The van der Waals surface area contributed by atoms with Gasteiger partial charge in [0.2, 0.25) is 0 Å². The molecule has 0 aliphatic rings. The van der Waals surface area contributed by atoms with Crippen LogP contribution in [0.1, 0.15) is 45.4 Å². The van der Waals surface area contributed by atoms with E-state index in [9.17, 15) is 0 Å². The van der Waals surface area contributed by atoms with Crippen LogP contribution in [0.4, 0.5) is 0 Å². The van der Waals surface area contributed by atoms with Crippen LogP contribution in [-0.2, 0) is 26.6 Å².